The highest BCUT2D eigenvalue weighted by Crippen LogP contribution is 2.45. The lowest BCUT2D eigenvalue weighted by Gasteiger charge is -2.23. The van der Waals surface area contributed by atoms with Crippen molar-refractivity contribution >= 4 is 44.1 Å². The summed E-state index contributed by atoms with van der Waals surface area (Å²) in [7, 11) is 0. The number of unbranched alkanes of at least 4 members (excludes halogenated alkanes) is 2. The Morgan fingerprint density at radius 3 is 2.43 bits per heavy atom. The lowest BCUT2D eigenvalue weighted by molar-refractivity contribution is -0.132. The Balaban J connectivity index is 1.62. The monoisotopic (exact) mass is 584 g/mol. The number of aromatic nitrogens is 1. The number of benzene rings is 3. The van der Waals surface area contributed by atoms with Gasteiger partial charge in [-0.2, -0.15) is 0 Å². The van der Waals surface area contributed by atoms with Crippen LogP contribution in [0.3, 0.4) is 0 Å². The smallest absolute Gasteiger partial charge is 0.301 e. The highest BCUT2D eigenvalue weighted by molar-refractivity contribution is 7.22. The molecule has 8 heteroatoms. The van der Waals surface area contributed by atoms with E-state index in [-0.39, 0.29) is 11.3 Å². The van der Waals surface area contributed by atoms with Gasteiger partial charge < -0.3 is 14.6 Å². The molecular formula is C34H36N2O5S. The molecule has 1 amide bonds. The number of anilines is 1. The van der Waals surface area contributed by atoms with Gasteiger partial charge in [0.05, 0.1) is 35.0 Å². The zero-order valence-electron chi connectivity index (χ0n) is 24.5. The molecule has 0 saturated carbocycles. The summed E-state index contributed by atoms with van der Waals surface area (Å²) < 4.78 is 12.6. The second-order valence-electron chi connectivity index (χ2n) is 10.6. The molecule has 7 nitrogen and oxygen atoms in total. The third kappa shape index (κ3) is 5.90. The summed E-state index contributed by atoms with van der Waals surface area (Å²) in [6.07, 6.45) is 3.96. The van der Waals surface area contributed by atoms with E-state index in [1.165, 1.54) is 16.2 Å². The quantitative estimate of drug-likeness (QED) is 0.0834. The van der Waals surface area contributed by atoms with Gasteiger partial charge in [-0.1, -0.05) is 56.2 Å². The van der Waals surface area contributed by atoms with Crippen molar-refractivity contribution in [2.75, 3.05) is 18.1 Å². The molecule has 1 aliphatic rings. The second kappa shape index (κ2) is 12.8. The summed E-state index contributed by atoms with van der Waals surface area (Å²) in [5.41, 5.74) is 3.96. The van der Waals surface area contributed by atoms with E-state index in [0.29, 0.717) is 41.0 Å². The predicted molar refractivity (Wildman–Crippen MR) is 168 cm³/mol. The Kier molecular flexibility index (Phi) is 8.92. The van der Waals surface area contributed by atoms with Crippen LogP contribution in [0.2, 0.25) is 0 Å². The number of ether oxygens (including phenoxy) is 2. The van der Waals surface area contributed by atoms with Crippen molar-refractivity contribution in [1.82, 2.24) is 4.98 Å². The number of thiazole rings is 1. The summed E-state index contributed by atoms with van der Waals surface area (Å²) in [5.74, 6) is -0.427. The molecule has 1 atom stereocenters. The number of aliphatic hydroxyl groups excluding tert-OH is 1. The first kappa shape index (κ1) is 29.3. The molecule has 218 valence electrons. The van der Waals surface area contributed by atoms with Crippen molar-refractivity contribution in [3.05, 3.63) is 88.5 Å². The summed E-state index contributed by atoms with van der Waals surface area (Å²) in [4.78, 5) is 33.6. The summed E-state index contributed by atoms with van der Waals surface area (Å²) in [6, 6.07) is 17.5. The molecule has 1 unspecified atom stereocenters. The van der Waals surface area contributed by atoms with Crippen LogP contribution in [-0.4, -0.2) is 35.0 Å². The summed E-state index contributed by atoms with van der Waals surface area (Å²) in [6.45, 7) is 9.31. The molecule has 1 aliphatic heterocycles. The van der Waals surface area contributed by atoms with Crippen LogP contribution in [0.25, 0.3) is 16.0 Å². The third-order valence-electron chi connectivity index (χ3n) is 7.26. The van der Waals surface area contributed by atoms with Crippen LogP contribution < -0.4 is 14.4 Å². The highest BCUT2D eigenvalue weighted by atomic mass is 32.1. The molecule has 1 N–H and O–H groups in total. The lowest BCUT2D eigenvalue weighted by Crippen LogP contribution is -2.29. The number of aryl methyl sites for hydroxylation is 2. The highest BCUT2D eigenvalue weighted by Gasteiger charge is 2.48. The maximum Gasteiger partial charge on any atom is 0.301 e. The zero-order valence-corrected chi connectivity index (χ0v) is 25.3. The van der Waals surface area contributed by atoms with Crippen molar-refractivity contribution < 1.29 is 24.2 Å². The van der Waals surface area contributed by atoms with Crippen molar-refractivity contribution in [2.24, 2.45) is 0 Å². The maximum atomic E-state index is 13.7. The van der Waals surface area contributed by atoms with E-state index < -0.39 is 17.7 Å². The Morgan fingerprint density at radius 2 is 1.69 bits per heavy atom. The van der Waals surface area contributed by atoms with E-state index >= 15 is 0 Å². The number of carbonyl (C=O) groups is 2. The fourth-order valence-electron chi connectivity index (χ4n) is 5.21. The number of rotatable bonds is 11. The maximum absolute atomic E-state index is 13.7. The number of amides is 1. The Hall–Kier alpha value is -4.17. The van der Waals surface area contributed by atoms with E-state index in [0.717, 1.165) is 47.0 Å². The van der Waals surface area contributed by atoms with Crippen LogP contribution in [0.15, 0.2) is 66.2 Å². The third-order valence-corrected chi connectivity index (χ3v) is 8.26. The van der Waals surface area contributed by atoms with E-state index in [2.05, 4.69) is 6.92 Å². The van der Waals surface area contributed by atoms with E-state index in [4.69, 9.17) is 14.5 Å². The Bertz CT molecular complexity index is 1640. The first-order chi connectivity index (χ1) is 20.3. The molecule has 2 heterocycles. The molecule has 1 fully saturated rings. The molecule has 5 rings (SSSR count). The summed E-state index contributed by atoms with van der Waals surface area (Å²) in [5, 5.41) is 12.0. The van der Waals surface area contributed by atoms with Gasteiger partial charge >= 0.3 is 5.91 Å². The van der Waals surface area contributed by atoms with Crippen LogP contribution in [0, 0.1) is 13.8 Å². The van der Waals surface area contributed by atoms with Gasteiger partial charge in [0.25, 0.3) is 5.78 Å². The molecule has 4 aromatic rings. The number of nitrogens with zero attached hydrogens (tertiary/aromatic N) is 2. The van der Waals surface area contributed by atoms with Crippen molar-refractivity contribution in [3.8, 4) is 11.5 Å². The zero-order chi connectivity index (χ0) is 29.8. The van der Waals surface area contributed by atoms with Crippen molar-refractivity contribution in [2.45, 2.75) is 59.4 Å². The fraction of sp³-hybridized carbons (Fsp3) is 0.324. The van der Waals surface area contributed by atoms with Gasteiger partial charge in [0.2, 0.25) is 0 Å². The average Bonchev–Trinajstić information content (AvgIpc) is 3.52. The minimum absolute atomic E-state index is 0.0116. The minimum Gasteiger partial charge on any atom is -0.507 e. The van der Waals surface area contributed by atoms with Gasteiger partial charge in [0.15, 0.2) is 5.13 Å². The van der Waals surface area contributed by atoms with Crippen LogP contribution >= 0.6 is 11.3 Å². The molecule has 0 spiro atoms. The molecule has 0 aliphatic carbocycles. The van der Waals surface area contributed by atoms with Crippen LogP contribution in [0.1, 0.15) is 67.8 Å². The van der Waals surface area contributed by atoms with Crippen LogP contribution in [0.4, 0.5) is 5.13 Å². The number of carbonyl (C=O) groups excluding carboxylic acids is 2. The second-order valence-corrected chi connectivity index (χ2v) is 11.6. The first-order valence-corrected chi connectivity index (χ1v) is 15.3. The Labute approximate surface area is 250 Å². The predicted octanol–water partition coefficient (Wildman–Crippen LogP) is 7.90. The van der Waals surface area contributed by atoms with Gasteiger partial charge in [-0.05, 0) is 85.8 Å². The van der Waals surface area contributed by atoms with Crippen LogP contribution in [-0.2, 0) is 9.59 Å². The molecule has 0 bridgehead atoms. The van der Waals surface area contributed by atoms with E-state index in [9.17, 15) is 14.7 Å². The number of ketones is 1. The number of hydrogen-bond donors (Lipinski definition) is 1. The van der Waals surface area contributed by atoms with Gasteiger partial charge in [-0.3, -0.25) is 14.5 Å². The van der Waals surface area contributed by atoms with Gasteiger partial charge in [-0.15, -0.1) is 0 Å². The first-order valence-electron chi connectivity index (χ1n) is 14.5. The van der Waals surface area contributed by atoms with E-state index in [1.54, 1.807) is 24.3 Å². The van der Waals surface area contributed by atoms with Crippen molar-refractivity contribution in [3.63, 3.8) is 0 Å². The topological polar surface area (TPSA) is 89.0 Å². The molecule has 3 aromatic carbocycles. The molecule has 1 saturated heterocycles. The minimum atomic E-state index is -0.887. The molecular weight excluding hydrogens is 548 g/mol. The number of hydrogen-bond acceptors (Lipinski definition) is 7. The largest absolute Gasteiger partial charge is 0.507 e. The Morgan fingerprint density at radius 1 is 0.929 bits per heavy atom. The molecule has 1 aromatic heterocycles. The number of fused-ring (bicyclic) bond motifs is 1. The molecule has 0 radical (unpaired) electrons. The van der Waals surface area contributed by atoms with Gasteiger partial charge in [0.1, 0.15) is 17.3 Å². The van der Waals surface area contributed by atoms with Crippen LogP contribution in [0.5, 0.6) is 11.5 Å². The lowest BCUT2D eigenvalue weighted by atomic mass is 9.95. The van der Waals surface area contributed by atoms with Crippen molar-refractivity contribution in [1.29, 1.82) is 0 Å². The number of Topliss-reactive ketones (excluding diaryl/α,β-unsaturated/α-hetero) is 1. The molecule has 42 heavy (non-hydrogen) atoms. The number of aliphatic hydroxyl groups is 1. The average molecular weight is 585 g/mol. The fourth-order valence-corrected chi connectivity index (χ4v) is 6.38. The van der Waals surface area contributed by atoms with Gasteiger partial charge in [0, 0.05) is 5.56 Å². The van der Waals surface area contributed by atoms with E-state index in [1.807, 2.05) is 57.2 Å². The SMILES string of the molecule is CCCCCOc1cccc(C2C(=C(O)c3ccc(OCCC)cc3)C(=O)C(=O)N2c2nc3c(C)cc(C)cc3s2)c1. The standard InChI is InChI=1S/C34H36N2O5S/c1-5-7-8-17-41-26-11-9-10-24(20-26)30-28(31(37)23-12-14-25(15-13-23)40-16-6-2)32(38)33(39)36(30)34-35-29-22(4)18-21(3)19-27(29)42-34/h9-15,18-20,30,37H,5-8,16-17H2,1-4H3. The normalized spacial score (nSPS) is 16.4. The summed E-state index contributed by atoms with van der Waals surface area (Å²) >= 11 is 1.36. The van der Waals surface area contributed by atoms with Gasteiger partial charge in [-0.25, -0.2) is 4.98 Å².